The predicted molar refractivity (Wildman–Crippen MR) is 167 cm³/mol. The molecule has 0 unspecified atom stereocenters. The minimum atomic E-state index is -4.41. The van der Waals surface area contributed by atoms with Crippen LogP contribution in [-0.2, 0) is 29.9 Å². The number of rotatable bonds is 12. The average molecular weight is 677 g/mol. The molecule has 0 amide bonds. The fraction of sp³-hybridized carbons (Fsp3) is 0.185. The van der Waals surface area contributed by atoms with E-state index in [2.05, 4.69) is 20.3 Å². The second-order valence-corrected chi connectivity index (χ2v) is 15.4. The first-order valence-electron chi connectivity index (χ1n) is 12.9. The van der Waals surface area contributed by atoms with Gasteiger partial charge in [0.25, 0.3) is 15.7 Å². The maximum Gasteiger partial charge on any atom is 0.270 e. The Morgan fingerprint density at radius 2 is 1.53 bits per heavy atom. The molecule has 15 nitrogen and oxygen atoms in total. The SMILES string of the molecule is CNCCN(C)S(=O)(=O)c1cccc(S(=O)(=O)Nc2cccc3c(O)ccc(N=Nc4ccc([N+](=O)[O-])cc4S(C)(=O)=O)c23)c1. The zero-order valence-electron chi connectivity index (χ0n) is 24.1. The molecule has 0 saturated heterocycles. The highest BCUT2D eigenvalue weighted by atomic mass is 32.2. The first-order chi connectivity index (χ1) is 21.1. The number of azo groups is 1. The molecule has 18 heteroatoms. The summed E-state index contributed by atoms with van der Waals surface area (Å²) in [6.45, 7) is 0.527. The molecule has 0 heterocycles. The number of fused-ring (bicyclic) bond motifs is 1. The second-order valence-electron chi connectivity index (χ2n) is 9.72. The molecule has 0 bridgehead atoms. The number of sulfone groups is 1. The zero-order chi connectivity index (χ0) is 33.2. The lowest BCUT2D eigenvalue weighted by atomic mass is 10.1. The maximum atomic E-state index is 13.5. The number of benzene rings is 4. The van der Waals surface area contributed by atoms with Crippen LogP contribution >= 0.6 is 0 Å². The monoisotopic (exact) mass is 676 g/mol. The van der Waals surface area contributed by atoms with Crippen molar-refractivity contribution < 1.29 is 35.3 Å². The molecule has 0 aliphatic heterocycles. The van der Waals surface area contributed by atoms with Gasteiger partial charge in [-0.2, -0.15) is 4.31 Å². The van der Waals surface area contributed by atoms with Gasteiger partial charge in [-0.25, -0.2) is 25.3 Å². The van der Waals surface area contributed by atoms with E-state index in [0.29, 0.717) is 6.54 Å². The van der Waals surface area contributed by atoms with Crippen molar-refractivity contribution in [2.45, 2.75) is 14.7 Å². The van der Waals surface area contributed by atoms with Gasteiger partial charge < -0.3 is 10.4 Å². The molecule has 3 N–H and O–H groups in total. The van der Waals surface area contributed by atoms with Crippen LogP contribution in [0.1, 0.15) is 0 Å². The smallest absolute Gasteiger partial charge is 0.270 e. The van der Waals surface area contributed by atoms with E-state index in [9.17, 15) is 40.5 Å². The highest BCUT2D eigenvalue weighted by Crippen LogP contribution is 2.40. The zero-order valence-corrected chi connectivity index (χ0v) is 26.5. The number of nitrogens with zero attached hydrogens (tertiary/aromatic N) is 4. The molecule has 238 valence electrons. The number of aromatic hydroxyl groups is 1. The number of sulfonamides is 2. The molecular weight excluding hydrogens is 649 g/mol. The number of likely N-dealkylation sites (N-methyl/N-ethyl adjacent to an activating group) is 2. The number of phenolic OH excluding ortho intramolecular Hbond substituents is 1. The first kappa shape index (κ1) is 33.4. The topological polar surface area (TPSA) is 218 Å². The van der Waals surface area contributed by atoms with Crippen molar-refractivity contribution in [3.8, 4) is 5.75 Å². The van der Waals surface area contributed by atoms with Crippen molar-refractivity contribution in [3.05, 3.63) is 82.9 Å². The van der Waals surface area contributed by atoms with Gasteiger partial charge in [-0.3, -0.25) is 14.8 Å². The van der Waals surface area contributed by atoms with Crippen LogP contribution in [0.3, 0.4) is 0 Å². The number of nitro benzene ring substituents is 1. The number of nitro groups is 1. The third-order valence-electron chi connectivity index (χ3n) is 6.56. The van der Waals surface area contributed by atoms with Crippen molar-refractivity contribution in [2.24, 2.45) is 10.2 Å². The Morgan fingerprint density at radius 3 is 2.20 bits per heavy atom. The van der Waals surface area contributed by atoms with Crippen molar-refractivity contribution >= 4 is 63.4 Å². The molecule has 0 aliphatic carbocycles. The van der Waals surface area contributed by atoms with E-state index in [1.54, 1.807) is 7.05 Å². The lowest BCUT2D eigenvalue weighted by Crippen LogP contribution is -2.33. The van der Waals surface area contributed by atoms with Gasteiger partial charge in [0.1, 0.15) is 16.3 Å². The van der Waals surface area contributed by atoms with Crippen LogP contribution in [0.2, 0.25) is 0 Å². The minimum Gasteiger partial charge on any atom is -0.507 e. The molecule has 0 radical (unpaired) electrons. The average Bonchev–Trinajstić information content (AvgIpc) is 2.99. The van der Waals surface area contributed by atoms with Crippen LogP contribution in [0, 0.1) is 10.1 Å². The van der Waals surface area contributed by atoms with Crippen molar-refractivity contribution in [3.63, 3.8) is 0 Å². The fourth-order valence-electron chi connectivity index (χ4n) is 4.22. The molecule has 0 fully saturated rings. The lowest BCUT2D eigenvalue weighted by molar-refractivity contribution is -0.385. The Balaban J connectivity index is 1.79. The fourth-order valence-corrected chi connectivity index (χ4v) is 7.45. The molecule has 4 rings (SSSR count). The number of phenols is 1. The van der Waals surface area contributed by atoms with E-state index < -0.39 is 45.4 Å². The molecule has 0 aliphatic rings. The Kier molecular flexibility index (Phi) is 9.54. The summed E-state index contributed by atoms with van der Waals surface area (Å²) in [5, 5.41) is 32.9. The second kappa shape index (κ2) is 12.9. The van der Waals surface area contributed by atoms with E-state index >= 15 is 0 Å². The van der Waals surface area contributed by atoms with E-state index in [1.165, 1.54) is 55.6 Å². The highest BCUT2D eigenvalue weighted by Gasteiger charge is 2.24. The molecule has 0 spiro atoms. The van der Waals surface area contributed by atoms with Crippen LogP contribution in [0.25, 0.3) is 10.8 Å². The summed E-state index contributed by atoms with van der Waals surface area (Å²) in [7, 11) is -9.34. The Labute approximate surface area is 259 Å². The predicted octanol–water partition coefficient (Wildman–Crippen LogP) is 3.91. The molecule has 0 saturated carbocycles. The van der Waals surface area contributed by atoms with Gasteiger partial charge in [0.2, 0.25) is 10.0 Å². The third kappa shape index (κ3) is 7.26. The molecular formula is C27H28N6O9S3. The maximum absolute atomic E-state index is 13.5. The third-order valence-corrected chi connectivity index (χ3v) is 10.9. The van der Waals surface area contributed by atoms with Crippen LogP contribution in [0.15, 0.2) is 97.7 Å². The summed E-state index contributed by atoms with van der Waals surface area (Å²) in [5.41, 5.74) is -0.715. The van der Waals surface area contributed by atoms with Gasteiger partial charge in [0.15, 0.2) is 9.84 Å². The number of non-ortho nitro benzene ring substituents is 1. The number of hydrogen-bond acceptors (Lipinski definition) is 12. The summed E-state index contributed by atoms with van der Waals surface area (Å²) in [6, 6.07) is 14.8. The van der Waals surface area contributed by atoms with Crippen LogP contribution in [0.5, 0.6) is 5.75 Å². The van der Waals surface area contributed by atoms with Crippen LogP contribution in [0.4, 0.5) is 22.7 Å². The van der Waals surface area contributed by atoms with Gasteiger partial charge in [-0.1, -0.05) is 18.2 Å². The number of hydrogen-bond donors (Lipinski definition) is 3. The minimum absolute atomic E-state index is 0.0152. The van der Waals surface area contributed by atoms with E-state index in [4.69, 9.17) is 0 Å². The van der Waals surface area contributed by atoms with Gasteiger partial charge in [0.05, 0.1) is 26.1 Å². The van der Waals surface area contributed by atoms with Crippen molar-refractivity contribution in [1.82, 2.24) is 9.62 Å². The Hall–Kier alpha value is -4.49. The first-order valence-corrected chi connectivity index (χ1v) is 17.8. The van der Waals surface area contributed by atoms with Crippen molar-refractivity contribution in [1.29, 1.82) is 0 Å². The number of nitrogens with one attached hydrogen (secondary N) is 2. The summed E-state index contributed by atoms with van der Waals surface area (Å²) in [6.07, 6.45) is 0.856. The summed E-state index contributed by atoms with van der Waals surface area (Å²) in [4.78, 5) is 9.39. The van der Waals surface area contributed by atoms with Gasteiger partial charge in [0, 0.05) is 49.3 Å². The Morgan fingerprint density at radius 1 is 0.889 bits per heavy atom. The Bertz CT molecular complexity index is 2150. The number of anilines is 1. The van der Waals surface area contributed by atoms with E-state index in [0.717, 1.165) is 34.8 Å². The molecule has 0 aromatic heterocycles. The summed E-state index contributed by atoms with van der Waals surface area (Å²) >= 11 is 0. The summed E-state index contributed by atoms with van der Waals surface area (Å²) in [5.74, 6) is -0.227. The van der Waals surface area contributed by atoms with Crippen molar-refractivity contribution in [2.75, 3.05) is 38.2 Å². The largest absolute Gasteiger partial charge is 0.507 e. The van der Waals surface area contributed by atoms with Crippen LogP contribution in [-0.4, -0.2) is 73.0 Å². The molecule has 0 atom stereocenters. The normalized spacial score (nSPS) is 12.6. The summed E-state index contributed by atoms with van der Waals surface area (Å²) < 4.78 is 81.2. The standard InChI is InChI=1S/C27H28N6O9S3/c1-28-14-15-32(2)45(41,42)20-7-4-6-19(17-20)44(39,40)31-24-9-5-8-21-25(34)13-12-23(27(21)24)30-29-22-11-10-18(33(35)36)16-26(22)43(3,37)38/h4-13,16-17,28,31,34H,14-15H2,1-3H3. The van der Waals surface area contributed by atoms with E-state index in [-0.39, 0.29) is 49.9 Å². The highest BCUT2D eigenvalue weighted by molar-refractivity contribution is 7.93. The van der Waals surface area contributed by atoms with Gasteiger partial charge in [-0.15, -0.1) is 10.2 Å². The van der Waals surface area contributed by atoms with Gasteiger partial charge in [-0.05, 0) is 49.5 Å². The van der Waals surface area contributed by atoms with Crippen LogP contribution < -0.4 is 10.0 Å². The lowest BCUT2D eigenvalue weighted by Gasteiger charge is -2.18. The molecule has 45 heavy (non-hydrogen) atoms. The van der Waals surface area contributed by atoms with Gasteiger partial charge >= 0.3 is 0 Å². The van der Waals surface area contributed by atoms with E-state index in [1.807, 2.05) is 0 Å². The molecule has 4 aromatic rings. The molecule has 4 aromatic carbocycles. The quantitative estimate of drug-likeness (QED) is 0.112.